The van der Waals surface area contributed by atoms with Crippen molar-refractivity contribution in [1.29, 1.82) is 0 Å². The number of unbranched alkanes of at least 4 members (excludes halogenated alkanes) is 3. The lowest BCUT2D eigenvalue weighted by atomic mass is 9.66. The third-order valence-corrected chi connectivity index (χ3v) is 7.21. The van der Waals surface area contributed by atoms with Crippen LogP contribution in [0.5, 0.6) is 0 Å². The molecule has 2 heteroatoms. The maximum Gasteiger partial charge on any atom is 0.0617 e. The number of benzene rings is 2. The van der Waals surface area contributed by atoms with E-state index in [4.69, 9.17) is 0 Å². The van der Waals surface area contributed by atoms with Gasteiger partial charge in [0, 0.05) is 11.3 Å². The predicted octanol–water partition coefficient (Wildman–Crippen LogP) is 7.75. The van der Waals surface area contributed by atoms with Gasteiger partial charge in [-0.05, 0) is 54.4 Å². The minimum absolute atomic E-state index is 0.176. The molecule has 2 aliphatic carbocycles. The number of hydrogen-bond acceptors (Lipinski definition) is 2. The van der Waals surface area contributed by atoms with E-state index in [0.717, 1.165) is 31.4 Å². The molecule has 2 atom stereocenters. The van der Waals surface area contributed by atoms with Crippen LogP contribution in [0.2, 0.25) is 0 Å². The standard InChI is InChI=1S/C28H33NO/c1-3-4-5-8-17-24-20-25-26(29-30)18-19-28(25,21(2)22-13-9-6-10-14-22)27(24)23-15-11-7-12-16-23/h6-7,9-16,25,30H,2-5,8,17-20H2,1H3/b29-26+. The van der Waals surface area contributed by atoms with E-state index < -0.39 is 0 Å². The lowest BCUT2D eigenvalue weighted by Gasteiger charge is -2.36. The first kappa shape index (κ1) is 20.7. The van der Waals surface area contributed by atoms with Crippen LogP contribution in [0.3, 0.4) is 0 Å². The van der Waals surface area contributed by atoms with Gasteiger partial charge < -0.3 is 5.21 Å². The fraction of sp³-hybridized carbons (Fsp3) is 0.393. The first-order valence-corrected chi connectivity index (χ1v) is 11.5. The lowest BCUT2D eigenvalue weighted by molar-refractivity contribution is 0.313. The van der Waals surface area contributed by atoms with Crippen LogP contribution in [-0.4, -0.2) is 10.9 Å². The highest BCUT2D eigenvalue weighted by molar-refractivity contribution is 6.02. The summed E-state index contributed by atoms with van der Waals surface area (Å²) in [5, 5.41) is 13.6. The lowest BCUT2D eigenvalue weighted by Crippen LogP contribution is -2.27. The molecule has 2 aliphatic rings. The van der Waals surface area contributed by atoms with E-state index in [1.807, 2.05) is 0 Å². The molecule has 2 unspecified atom stereocenters. The maximum atomic E-state index is 9.81. The van der Waals surface area contributed by atoms with Crippen LogP contribution < -0.4 is 0 Å². The largest absolute Gasteiger partial charge is 0.411 e. The van der Waals surface area contributed by atoms with Crippen molar-refractivity contribution in [3.63, 3.8) is 0 Å². The molecule has 0 saturated heterocycles. The van der Waals surface area contributed by atoms with Crippen molar-refractivity contribution in [1.82, 2.24) is 0 Å². The number of allylic oxidation sites excluding steroid dienone is 3. The molecule has 2 nitrogen and oxygen atoms in total. The Labute approximate surface area is 181 Å². The molecule has 0 spiro atoms. The molecule has 1 saturated carbocycles. The quantitative estimate of drug-likeness (QED) is 0.275. The summed E-state index contributed by atoms with van der Waals surface area (Å²) < 4.78 is 0. The molecule has 1 fully saturated rings. The first-order chi connectivity index (χ1) is 14.7. The molecule has 156 valence electrons. The van der Waals surface area contributed by atoms with Crippen molar-refractivity contribution in [3.05, 3.63) is 83.9 Å². The number of nitrogens with zero attached hydrogens (tertiary/aromatic N) is 1. The van der Waals surface area contributed by atoms with E-state index in [9.17, 15) is 5.21 Å². The second-order valence-electron chi connectivity index (χ2n) is 8.82. The summed E-state index contributed by atoms with van der Waals surface area (Å²) in [4.78, 5) is 0. The number of oxime groups is 1. The molecule has 0 amide bonds. The monoisotopic (exact) mass is 399 g/mol. The van der Waals surface area contributed by atoms with Crippen molar-refractivity contribution in [2.45, 2.75) is 58.3 Å². The molecule has 0 bridgehead atoms. The second-order valence-corrected chi connectivity index (χ2v) is 8.82. The Balaban J connectivity index is 1.83. The predicted molar refractivity (Wildman–Crippen MR) is 127 cm³/mol. The molecule has 0 aromatic heterocycles. The number of fused-ring (bicyclic) bond motifs is 1. The average molecular weight is 400 g/mol. The van der Waals surface area contributed by atoms with Crippen molar-refractivity contribution in [2.24, 2.45) is 16.5 Å². The zero-order valence-electron chi connectivity index (χ0n) is 18.1. The molecule has 1 N–H and O–H groups in total. The zero-order valence-corrected chi connectivity index (χ0v) is 18.1. The van der Waals surface area contributed by atoms with Crippen molar-refractivity contribution >= 4 is 16.9 Å². The fourth-order valence-electron chi connectivity index (χ4n) is 5.80. The van der Waals surface area contributed by atoms with Gasteiger partial charge in [0.1, 0.15) is 0 Å². The Morgan fingerprint density at radius 2 is 1.73 bits per heavy atom. The highest BCUT2D eigenvalue weighted by atomic mass is 16.4. The summed E-state index contributed by atoms with van der Waals surface area (Å²) in [6.45, 7) is 6.92. The van der Waals surface area contributed by atoms with Crippen LogP contribution >= 0.6 is 0 Å². The molecule has 4 rings (SSSR count). The van der Waals surface area contributed by atoms with Crippen LogP contribution in [-0.2, 0) is 0 Å². The van der Waals surface area contributed by atoms with Crippen molar-refractivity contribution < 1.29 is 5.21 Å². The summed E-state index contributed by atoms with van der Waals surface area (Å²) in [5.74, 6) is 0.214. The van der Waals surface area contributed by atoms with Gasteiger partial charge in [0.25, 0.3) is 0 Å². The van der Waals surface area contributed by atoms with Gasteiger partial charge >= 0.3 is 0 Å². The number of rotatable bonds is 8. The van der Waals surface area contributed by atoms with Crippen molar-refractivity contribution in [2.75, 3.05) is 0 Å². The molecule has 2 aromatic rings. The normalized spacial score (nSPS) is 24.4. The van der Waals surface area contributed by atoms with Gasteiger partial charge in [0.15, 0.2) is 0 Å². The highest BCUT2D eigenvalue weighted by Gasteiger charge is 2.56. The molecule has 0 radical (unpaired) electrons. The smallest absolute Gasteiger partial charge is 0.0617 e. The second kappa shape index (κ2) is 9.04. The minimum atomic E-state index is -0.176. The van der Waals surface area contributed by atoms with Crippen LogP contribution in [0.4, 0.5) is 0 Å². The summed E-state index contributed by atoms with van der Waals surface area (Å²) in [5.41, 5.74) is 7.45. The summed E-state index contributed by atoms with van der Waals surface area (Å²) in [6.07, 6.45) is 8.97. The molecular formula is C28H33NO. The Hall–Kier alpha value is -2.61. The Morgan fingerprint density at radius 1 is 1.03 bits per heavy atom. The topological polar surface area (TPSA) is 32.6 Å². The molecule has 0 aliphatic heterocycles. The molecule has 0 heterocycles. The van der Waals surface area contributed by atoms with Gasteiger partial charge in [-0.25, -0.2) is 0 Å². The van der Waals surface area contributed by atoms with Crippen LogP contribution in [0, 0.1) is 11.3 Å². The maximum absolute atomic E-state index is 9.81. The zero-order chi connectivity index (χ0) is 21.0. The van der Waals surface area contributed by atoms with Crippen molar-refractivity contribution in [3.8, 4) is 0 Å². The number of hydrogen-bond donors (Lipinski definition) is 1. The fourth-order valence-corrected chi connectivity index (χ4v) is 5.80. The van der Waals surface area contributed by atoms with E-state index in [1.54, 1.807) is 5.57 Å². The summed E-state index contributed by atoms with van der Waals surface area (Å²) in [6, 6.07) is 21.4. The molecule has 2 aromatic carbocycles. The Bertz CT molecular complexity index is 941. The van der Waals surface area contributed by atoms with Gasteiger partial charge in [-0.2, -0.15) is 0 Å². The van der Waals surface area contributed by atoms with E-state index in [-0.39, 0.29) is 11.3 Å². The van der Waals surface area contributed by atoms with Gasteiger partial charge in [0.2, 0.25) is 0 Å². The third-order valence-electron chi connectivity index (χ3n) is 7.21. The van der Waals surface area contributed by atoms with E-state index in [1.165, 1.54) is 48.0 Å². The van der Waals surface area contributed by atoms with Gasteiger partial charge in [-0.1, -0.05) is 104 Å². The molecule has 30 heavy (non-hydrogen) atoms. The summed E-state index contributed by atoms with van der Waals surface area (Å²) >= 11 is 0. The van der Waals surface area contributed by atoms with E-state index in [0.29, 0.717) is 0 Å². The Morgan fingerprint density at radius 3 is 2.40 bits per heavy atom. The van der Waals surface area contributed by atoms with Crippen LogP contribution in [0.1, 0.15) is 69.4 Å². The van der Waals surface area contributed by atoms with Gasteiger partial charge in [-0.3, -0.25) is 0 Å². The Kier molecular flexibility index (Phi) is 6.22. The van der Waals surface area contributed by atoms with E-state index in [2.05, 4.69) is 79.3 Å². The molecular weight excluding hydrogens is 366 g/mol. The SMILES string of the molecule is C=C(c1ccccc1)C12CC/C(=N\O)C1CC(CCCCCC)=C2c1ccccc1. The minimum Gasteiger partial charge on any atom is -0.411 e. The highest BCUT2D eigenvalue weighted by Crippen LogP contribution is 2.65. The third kappa shape index (κ3) is 3.53. The van der Waals surface area contributed by atoms with Crippen LogP contribution in [0.15, 0.2) is 78.0 Å². The first-order valence-electron chi connectivity index (χ1n) is 11.5. The van der Waals surface area contributed by atoms with E-state index >= 15 is 0 Å². The summed E-state index contributed by atoms with van der Waals surface area (Å²) in [7, 11) is 0. The van der Waals surface area contributed by atoms with Gasteiger partial charge in [0.05, 0.1) is 5.71 Å². The average Bonchev–Trinajstić information content (AvgIpc) is 3.31. The van der Waals surface area contributed by atoms with Crippen LogP contribution in [0.25, 0.3) is 11.1 Å². The van der Waals surface area contributed by atoms with Gasteiger partial charge in [-0.15, -0.1) is 0 Å².